The van der Waals surface area contributed by atoms with Gasteiger partial charge >= 0.3 is 12.0 Å². The first-order chi connectivity index (χ1) is 9.99. The number of aliphatic carboxylic acids is 1. The van der Waals surface area contributed by atoms with Crippen molar-refractivity contribution in [2.45, 2.75) is 12.8 Å². The van der Waals surface area contributed by atoms with Crippen LogP contribution in [0.25, 0.3) is 0 Å². The van der Waals surface area contributed by atoms with Crippen LogP contribution >= 0.6 is 11.6 Å². The molecule has 0 bridgehead atoms. The number of nitrogens with zero attached hydrogens (tertiary/aromatic N) is 2. The number of carbonyl (C=O) groups is 2. The number of rotatable bonds is 5. The molecule has 0 aromatic heterocycles. The average Bonchev–Trinajstić information content (AvgIpc) is 3.24. The van der Waals surface area contributed by atoms with E-state index in [1.807, 2.05) is 6.07 Å². The summed E-state index contributed by atoms with van der Waals surface area (Å²) in [6.45, 7) is 0.0472. The zero-order valence-corrected chi connectivity index (χ0v) is 11.9. The highest BCUT2D eigenvalue weighted by Crippen LogP contribution is 2.30. The zero-order valence-electron chi connectivity index (χ0n) is 11.2. The number of anilines is 1. The van der Waals surface area contributed by atoms with Crippen molar-refractivity contribution in [1.29, 1.82) is 5.26 Å². The highest BCUT2D eigenvalue weighted by Gasteiger charge is 2.28. The topological polar surface area (TPSA) is 93.4 Å². The van der Waals surface area contributed by atoms with Crippen LogP contribution in [-0.2, 0) is 4.79 Å². The molecule has 0 radical (unpaired) electrons. The minimum absolute atomic E-state index is 0.295. The molecular weight excluding hydrogens is 294 g/mol. The minimum Gasteiger partial charge on any atom is -0.480 e. The van der Waals surface area contributed by atoms with E-state index in [0.717, 1.165) is 12.8 Å². The van der Waals surface area contributed by atoms with Gasteiger partial charge in [0.15, 0.2) is 0 Å². The van der Waals surface area contributed by atoms with Crippen molar-refractivity contribution in [1.82, 2.24) is 4.90 Å². The summed E-state index contributed by atoms with van der Waals surface area (Å²) < 4.78 is 0. The number of carbonyl (C=O) groups excluding carboxylic acids is 1. The Bertz CT molecular complexity index is 608. The van der Waals surface area contributed by atoms with E-state index in [1.165, 1.54) is 23.1 Å². The Kier molecular flexibility index (Phi) is 4.66. The number of urea groups is 1. The SMILES string of the molecule is N#Cc1ccc(Cl)c(NC(=O)N(CC(=O)O)CC2CC2)c1. The highest BCUT2D eigenvalue weighted by molar-refractivity contribution is 6.33. The Morgan fingerprint density at radius 1 is 1.48 bits per heavy atom. The van der Waals surface area contributed by atoms with E-state index >= 15 is 0 Å². The molecule has 2 amide bonds. The van der Waals surface area contributed by atoms with Crippen molar-refractivity contribution < 1.29 is 14.7 Å². The molecular formula is C14H14ClN3O3. The molecule has 0 saturated heterocycles. The maximum absolute atomic E-state index is 12.2. The maximum atomic E-state index is 12.2. The van der Waals surface area contributed by atoms with Crippen molar-refractivity contribution in [2.75, 3.05) is 18.4 Å². The number of amides is 2. The van der Waals surface area contributed by atoms with Crippen molar-refractivity contribution in [3.05, 3.63) is 28.8 Å². The van der Waals surface area contributed by atoms with Crippen LogP contribution in [0.5, 0.6) is 0 Å². The zero-order chi connectivity index (χ0) is 15.4. The summed E-state index contributed by atoms with van der Waals surface area (Å²) in [6.07, 6.45) is 2.02. The molecule has 110 valence electrons. The molecule has 21 heavy (non-hydrogen) atoms. The number of nitriles is 1. The molecule has 0 heterocycles. The predicted octanol–water partition coefficient (Wildman–Crippen LogP) is 2.54. The van der Waals surface area contributed by atoms with Crippen molar-refractivity contribution in [3.63, 3.8) is 0 Å². The summed E-state index contributed by atoms with van der Waals surface area (Å²) in [5.41, 5.74) is 0.661. The lowest BCUT2D eigenvalue weighted by molar-refractivity contribution is -0.137. The van der Waals surface area contributed by atoms with Crippen molar-refractivity contribution in [2.24, 2.45) is 5.92 Å². The molecule has 0 unspecified atom stereocenters. The second-order valence-corrected chi connectivity index (χ2v) is 5.36. The predicted molar refractivity (Wildman–Crippen MR) is 77.1 cm³/mol. The minimum atomic E-state index is -1.07. The largest absolute Gasteiger partial charge is 0.480 e. The highest BCUT2D eigenvalue weighted by atomic mass is 35.5. The van der Waals surface area contributed by atoms with E-state index in [2.05, 4.69) is 5.32 Å². The van der Waals surface area contributed by atoms with Gasteiger partial charge in [0.25, 0.3) is 0 Å². The number of carboxylic acid groups (broad SMARTS) is 1. The van der Waals surface area contributed by atoms with Crippen LogP contribution in [0, 0.1) is 17.2 Å². The molecule has 0 spiro atoms. The van der Waals surface area contributed by atoms with E-state index in [1.54, 1.807) is 0 Å². The summed E-state index contributed by atoms with van der Waals surface area (Å²) in [4.78, 5) is 24.3. The Morgan fingerprint density at radius 2 is 2.19 bits per heavy atom. The van der Waals surface area contributed by atoms with Gasteiger partial charge in [-0.2, -0.15) is 5.26 Å². The van der Waals surface area contributed by atoms with Crippen LogP contribution in [0.3, 0.4) is 0 Å². The number of hydrogen-bond donors (Lipinski definition) is 2. The fourth-order valence-electron chi connectivity index (χ4n) is 1.88. The molecule has 0 atom stereocenters. The molecule has 0 aliphatic heterocycles. The van der Waals surface area contributed by atoms with Gasteiger partial charge in [0, 0.05) is 6.54 Å². The second kappa shape index (κ2) is 6.46. The molecule has 1 aliphatic rings. The van der Waals surface area contributed by atoms with Crippen molar-refractivity contribution in [3.8, 4) is 6.07 Å². The number of nitrogens with one attached hydrogen (secondary N) is 1. The van der Waals surface area contributed by atoms with Crippen LogP contribution in [0.4, 0.5) is 10.5 Å². The lowest BCUT2D eigenvalue weighted by Gasteiger charge is -2.21. The molecule has 1 aromatic carbocycles. The van der Waals surface area contributed by atoms with Gasteiger partial charge in [-0.25, -0.2) is 4.79 Å². The number of carboxylic acids is 1. The molecule has 1 aliphatic carbocycles. The third-order valence-corrected chi connectivity index (χ3v) is 3.46. The van der Waals surface area contributed by atoms with Gasteiger partial charge in [-0.3, -0.25) is 4.79 Å². The number of halogens is 1. The molecule has 1 fully saturated rings. The maximum Gasteiger partial charge on any atom is 0.323 e. The molecule has 6 nitrogen and oxygen atoms in total. The smallest absolute Gasteiger partial charge is 0.323 e. The number of hydrogen-bond acceptors (Lipinski definition) is 3. The second-order valence-electron chi connectivity index (χ2n) is 4.95. The summed E-state index contributed by atoms with van der Waals surface area (Å²) in [5, 5.41) is 20.6. The van der Waals surface area contributed by atoms with Crippen molar-refractivity contribution >= 4 is 29.3 Å². The number of benzene rings is 1. The van der Waals surface area contributed by atoms with Crippen LogP contribution < -0.4 is 5.32 Å². The van der Waals surface area contributed by atoms with Gasteiger partial charge in [-0.15, -0.1) is 0 Å². The normalized spacial score (nSPS) is 13.3. The van der Waals surface area contributed by atoms with Gasteiger partial charge in [-0.05, 0) is 37.0 Å². The summed E-state index contributed by atoms with van der Waals surface area (Å²) >= 11 is 5.97. The molecule has 2 N–H and O–H groups in total. The third kappa shape index (κ3) is 4.36. The first-order valence-electron chi connectivity index (χ1n) is 6.47. The van der Waals surface area contributed by atoms with Gasteiger partial charge in [0.2, 0.25) is 0 Å². The van der Waals surface area contributed by atoms with Crippen LogP contribution in [-0.4, -0.2) is 35.1 Å². The molecule has 7 heteroatoms. The first-order valence-corrected chi connectivity index (χ1v) is 6.84. The quantitative estimate of drug-likeness (QED) is 0.874. The van der Waals surface area contributed by atoms with Crippen LogP contribution in [0.1, 0.15) is 18.4 Å². The van der Waals surface area contributed by atoms with E-state index in [0.29, 0.717) is 28.7 Å². The monoisotopic (exact) mass is 307 g/mol. The Balaban J connectivity index is 2.10. The molecule has 2 rings (SSSR count). The molecule has 1 aromatic rings. The van der Waals surface area contributed by atoms with E-state index in [-0.39, 0.29) is 6.54 Å². The fourth-order valence-corrected chi connectivity index (χ4v) is 2.04. The fraction of sp³-hybridized carbons (Fsp3) is 0.357. The Labute approximate surface area is 126 Å². The lowest BCUT2D eigenvalue weighted by Crippen LogP contribution is -2.40. The van der Waals surface area contributed by atoms with Gasteiger partial charge in [0.1, 0.15) is 6.54 Å². The first kappa shape index (κ1) is 15.1. The summed E-state index contributed by atoms with van der Waals surface area (Å²) in [5.74, 6) is -0.696. The van der Waals surface area contributed by atoms with Gasteiger partial charge < -0.3 is 15.3 Å². The summed E-state index contributed by atoms with van der Waals surface area (Å²) in [7, 11) is 0. The standard InChI is InChI=1S/C14H14ClN3O3/c15-11-4-3-10(6-16)5-12(11)17-14(21)18(8-13(19)20)7-9-1-2-9/h3-5,9H,1-2,7-8H2,(H,17,21)(H,19,20). The summed E-state index contributed by atoms with van der Waals surface area (Å²) in [6, 6.07) is 5.93. The van der Waals surface area contributed by atoms with E-state index in [4.69, 9.17) is 22.0 Å². The van der Waals surface area contributed by atoms with E-state index < -0.39 is 12.0 Å². The third-order valence-electron chi connectivity index (χ3n) is 3.13. The lowest BCUT2D eigenvalue weighted by atomic mass is 10.2. The van der Waals surface area contributed by atoms with Crippen LogP contribution in [0.15, 0.2) is 18.2 Å². The van der Waals surface area contributed by atoms with Crippen LogP contribution in [0.2, 0.25) is 5.02 Å². The molecule has 1 saturated carbocycles. The van der Waals surface area contributed by atoms with Gasteiger partial charge in [0.05, 0.1) is 22.3 Å². The average molecular weight is 308 g/mol. The Morgan fingerprint density at radius 3 is 2.76 bits per heavy atom. The van der Waals surface area contributed by atoms with E-state index in [9.17, 15) is 9.59 Å². The van der Waals surface area contributed by atoms with Gasteiger partial charge in [-0.1, -0.05) is 11.6 Å². The Hall–Kier alpha value is -2.26.